The predicted octanol–water partition coefficient (Wildman–Crippen LogP) is 1.62. The summed E-state index contributed by atoms with van der Waals surface area (Å²) in [6, 6.07) is 0.0495. The molecule has 0 bridgehead atoms. The molecule has 2 N–H and O–H groups in total. The zero-order valence-electron chi connectivity index (χ0n) is 10.4. The van der Waals surface area contributed by atoms with Crippen molar-refractivity contribution in [1.82, 2.24) is 4.90 Å². The first kappa shape index (κ1) is 12.5. The van der Waals surface area contributed by atoms with Crippen LogP contribution in [0.3, 0.4) is 0 Å². The molecule has 1 heterocycles. The lowest BCUT2D eigenvalue weighted by Gasteiger charge is -2.27. The summed E-state index contributed by atoms with van der Waals surface area (Å²) in [6.45, 7) is 9.41. The van der Waals surface area contributed by atoms with E-state index in [0.29, 0.717) is 17.9 Å². The van der Waals surface area contributed by atoms with Gasteiger partial charge in [-0.05, 0) is 31.6 Å². The standard InChI is InChI=1S/C12H24N2O/c1-8(2)7-11(13)12(15)14-6-5-9(3)10(14)4/h8-11H,5-7,13H2,1-4H3/t9-,10-,11-/m0/s1. The van der Waals surface area contributed by atoms with Gasteiger partial charge in [0.25, 0.3) is 0 Å². The first-order valence-electron chi connectivity index (χ1n) is 5.99. The van der Waals surface area contributed by atoms with Gasteiger partial charge in [-0.15, -0.1) is 0 Å². The van der Waals surface area contributed by atoms with E-state index in [1.54, 1.807) is 0 Å². The monoisotopic (exact) mass is 212 g/mol. The maximum atomic E-state index is 12.0. The lowest BCUT2D eigenvalue weighted by molar-refractivity contribution is -0.133. The first-order chi connectivity index (χ1) is 6.93. The number of nitrogens with two attached hydrogens (primary N) is 1. The van der Waals surface area contributed by atoms with Gasteiger partial charge in [0.2, 0.25) is 5.91 Å². The highest BCUT2D eigenvalue weighted by molar-refractivity contribution is 5.82. The minimum Gasteiger partial charge on any atom is -0.338 e. The number of rotatable bonds is 3. The van der Waals surface area contributed by atoms with Gasteiger partial charge >= 0.3 is 0 Å². The third-order valence-electron chi connectivity index (χ3n) is 3.47. The summed E-state index contributed by atoms with van der Waals surface area (Å²) >= 11 is 0. The molecule has 0 unspecified atom stereocenters. The van der Waals surface area contributed by atoms with E-state index < -0.39 is 0 Å². The zero-order chi connectivity index (χ0) is 11.6. The third kappa shape index (κ3) is 2.94. The Morgan fingerprint density at radius 1 is 1.47 bits per heavy atom. The quantitative estimate of drug-likeness (QED) is 0.772. The van der Waals surface area contributed by atoms with E-state index in [-0.39, 0.29) is 11.9 Å². The van der Waals surface area contributed by atoms with Gasteiger partial charge in [0.15, 0.2) is 0 Å². The highest BCUT2D eigenvalue weighted by Crippen LogP contribution is 2.24. The average Bonchev–Trinajstić information content (AvgIpc) is 2.45. The van der Waals surface area contributed by atoms with Crippen LogP contribution in [0.2, 0.25) is 0 Å². The summed E-state index contributed by atoms with van der Waals surface area (Å²) in [5.41, 5.74) is 5.91. The van der Waals surface area contributed by atoms with Crippen LogP contribution in [0.4, 0.5) is 0 Å². The molecule has 0 spiro atoms. The van der Waals surface area contributed by atoms with E-state index in [2.05, 4.69) is 27.7 Å². The molecular formula is C12H24N2O. The maximum Gasteiger partial charge on any atom is 0.239 e. The Kier molecular flexibility index (Phi) is 4.14. The molecule has 1 amide bonds. The van der Waals surface area contributed by atoms with E-state index in [4.69, 9.17) is 5.73 Å². The van der Waals surface area contributed by atoms with Crippen molar-refractivity contribution in [2.75, 3.05) is 6.54 Å². The van der Waals surface area contributed by atoms with Gasteiger partial charge < -0.3 is 10.6 Å². The second kappa shape index (κ2) is 4.97. The number of hydrogen-bond donors (Lipinski definition) is 1. The molecule has 1 aliphatic rings. The van der Waals surface area contributed by atoms with E-state index in [0.717, 1.165) is 19.4 Å². The average molecular weight is 212 g/mol. The lowest BCUT2D eigenvalue weighted by Crippen LogP contribution is -2.46. The number of amides is 1. The zero-order valence-corrected chi connectivity index (χ0v) is 10.4. The Bertz CT molecular complexity index is 228. The number of hydrogen-bond acceptors (Lipinski definition) is 2. The van der Waals surface area contributed by atoms with Crippen LogP contribution in [0.25, 0.3) is 0 Å². The second-order valence-electron chi connectivity index (χ2n) is 5.27. The summed E-state index contributed by atoms with van der Waals surface area (Å²) in [4.78, 5) is 14.0. The van der Waals surface area contributed by atoms with Gasteiger partial charge in [-0.3, -0.25) is 4.79 Å². The molecule has 1 rings (SSSR count). The summed E-state index contributed by atoms with van der Waals surface area (Å²) in [5, 5.41) is 0. The van der Waals surface area contributed by atoms with Gasteiger partial charge in [-0.1, -0.05) is 20.8 Å². The van der Waals surface area contributed by atoms with Crippen molar-refractivity contribution in [2.24, 2.45) is 17.6 Å². The van der Waals surface area contributed by atoms with Crippen molar-refractivity contribution >= 4 is 5.91 Å². The molecule has 0 radical (unpaired) electrons. The molecule has 3 atom stereocenters. The van der Waals surface area contributed by atoms with Crippen molar-refractivity contribution in [3.05, 3.63) is 0 Å². The molecule has 15 heavy (non-hydrogen) atoms. The Morgan fingerprint density at radius 3 is 2.47 bits per heavy atom. The summed E-state index contributed by atoms with van der Waals surface area (Å²) in [7, 11) is 0. The van der Waals surface area contributed by atoms with Crippen LogP contribution < -0.4 is 5.73 Å². The summed E-state index contributed by atoms with van der Waals surface area (Å²) < 4.78 is 0. The fourth-order valence-electron chi connectivity index (χ4n) is 2.23. The second-order valence-corrected chi connectivity index (χ2v) is 5.27. The van der Waals surface area contributed by atoms with Crippen molar-refractivity contribution in [1.29, 1.82) is 0 Å². The van der Waals surface area contributed by atoms with Crippen molar-refractivity contribution in [2.45, 2.75) is 52.6 Å². The van der Waals surface area contributed by atoms with Crippen LogP contribution in [0.5, 0.6) is 0 Å². The SMILES string of the molecule is CC(C)C[C@H](N)C(=O)N1CC[C@H](C)[C@@H]1C. The van der Waals surface area contributed by atoms with Crippen LogP contribution in [0, 0.1) is 11.8 Å². The molecule has 0 aromatic heterocycles. The highest BCUT2D eigenvalue weighted by atomic mass is 16.2. The number of carbonyl (C=O) groups excluding carboxylic acids is 1. The van der Waals surface area contributed by atoms with Crippen LogP contribution in [0.15, 0.2) is 0 Å². The van der Waals surface area contributed by atoms with E-state index in [1.807, 2.05) is 4.90 Å². The molecule has 1 fully saturated rings. The molecule has 3 heteroatoms. The molecule has 0 aliphatic carbocycles. The number of likely N-dealkylation sites (tertiary alicyclic amines) is 1. The predicted molar refractivity (Wildman–Crippen MR) is 62.4 cm³/mol. The molecule has 1 saturated heterocycles. The van der Waals surface area contributed by atoms with Gasteiger partial charge in [0.05, 0.1) is 6.04 Å². The van der Waals surface area contributed by atoms with Gasteiger partial charge in [0.1, 0.15) is 0 Å². The normalized spacial score (nSPS) is 28.5. The first-order valence-corrected chi connectivity index (χ1v) is 5.99. The van der Waals surface area contributed by atoms with Crippen molar-refractivity contribution in [3.8, 4) is 0 Å². The largest absolute Gasteiger partial charge is 0.338 e. The van der Waals surface area contributed by atoms with Crippen molar-refractivity contribution in [3.63, 3.8) is 0 Å². The molecule has 1 aliphatic heterocycles. The molecule has 0 saturated carbocycles. The topological polar surface area (TPSA) is 46.3 Å². The fourth-order valence-corrected chi connectivity index (χ4v) is 2.23. The van der Waals surface area contributed by atoms with Crippen LogP contribution in [0.1, 0.15) is 40.5 Å². The van der Waals surface area contributed by atoms with E-state index in [9.17, 15) is 4.79 Å². The third-order valence-corrected chi connectivity index (χ3v) is 3.47. The molecular weight excluding hydrogens is 188 g/mol. The summed E-state index contributed by atoms with van der Waals surface area (Å²) in [5.74, 6) is 1.24. The minimum absolute atomic E-state index is 0.139. The van der Waals surface area contributed by atoms with Crippen LogP contribution in [-0.4, -0.2) is 29.4 Å². The van der Waals surface area contributed by atoms with E-state index in [1.165, 1.54) is 0 Å². The molecule has 88 valence electrons. The van der Waals surface area contributed by atoms with Crippen LogP contribution >= 0.6 is 0 Å². The lowest BCUT2D eigenvalue weighted by atomic mass is 10.0. The smallest absolute Gasteiger partial charge is 0.239 e. The summed E-state index contributed by atoms with van der Waals surface area (Å²) in [6.07, 6.45) is 1.90. The number of nitrogens with zero attached hydrogens (tertiary/aromatic N) is 1. The maximum absolute atomic E-state index is 12.0. The fraction of sp³-hybridized carbons (Fsp3) is 0.917. The van der Waals surface area contributed by atoms with Crippen molar-refractivity contribution < 1.29 is 4.79 Å². The number of carbonyl (C=O) groups is 1. The Balaban J connectivity index is 2.53. The highest BCUT2D eigenvalue weighted by Gasteiger charge is 2.33. The van der Waals surface area contributed by atoms with E-state index >= 15 is 0 Å². The Hall–Kier alpha value is -0.570. The van der Waals surface area contributed by atoms with Gasteiger partial charge in [0, 0.05) is 12.6 Å². The Labute approximate surface area is 93.0 Å². The van der Waals surface area contributed by atoms with Gasteiger partial charge in [-0.25, -0.2) is 0 Å². The molecule has 3 nitrogen and oxygen atoms in total. The minimum atomic E-state index is -0.308. The Morgan fingerprint density at radius 2 is 2.07 bits per heavy atom. The molecule has 0 aromatic carbocycles. The van der Waals surface area contributed by atoms with Crippen LogP contribution in [-0.2, 0) is 4.79 Å². The van der Waals surface area contributed by atoms with Gasteiger partial charge in [-0.2, -0.15) is 0 Å². The molecule has 0 aromatic rings.